The lowest BCUT2D eigenvalue weighted by Gasteiger charge is -2.18. The van der Waals surface area contributed by atoms with E-state index in [1.165, 1.54) is 5.56 Å². The molecule has 29 heavy (non-hydrogen) atoms. The molecular weight excluding hydrogens is 362 g/mol. The second-order valence-electron chi connectivity index (χ2n) is 9.03. The molecule has 0 N–H and O–H groups in total. The van der Waals surface area contributed by atoms with Gasteiger partial charge in [-0.1, -0.05) is 56.3 Å². The van der Waals surface area contributed by atoms with Crippen LogP contribution in [0, 0.1) is 13.8 Å². The third kappa shape index (κ3) is 3.95. The molecule has 3 aromatic rings. The molecule has 0 aliphatic carbocycles. The third-order valence-electron chi connectivity index (χ3n) is 5.44. The number of hydrogen-bond donors (Lipinski definition) is 0. The zero-order valence-electron chi connectivity index (χ0n) is 17.7. The van der Waals surface area contributed by atoms with Crippen LogP contribution in [0.3, 0.4) is 0 Å². The fourth-order valence-electron chi connectivity index (χ4n) is 3.87. The van der Waals surface area contributed by atoms with Gasteiger partial charge in [0.1, 0.15) is 0 Å². The molecule has 5 heteroatoms. The van der Waals surface area contributed by atoms with Crippen molar-refractivity contribution in [2.24, 2.45) is 0 Å². The Labute approximate surface area is 171 Å². The van der Waals surface area contributed by atoms with E-state index < -0.39 is 0 Å². The predicted octanol–water partition coefficient (Wildman–Crippen LogP) is 5.17. The van der Waals surface area contributed by atoms with Gasteiger partial charge in [-0.2, -0.15) is 4.98 Å². The average molecular weight is 389 g/mol. The van der Waals surface area contributed by atoms with Crippen molar-refractivity contribution in [3.8, 4) is 11.4 Å². The fraction of sp³-hybridized carbons (Fsp3) is 0.375. The summed E-state index contributed by atoms with van der Waals surface area (Å²) in [7, 11) is 0. The van der Waals surface area contributed by atoms with Gasteiger partial charge in [-0.25, -0.2) is 0 Å². The van der Waals surface area contributed by atoms with Crippen molar-refractivity contribution >= 4 is 11.6 Å². The molecule has 1 saturated heterocycles. The lowest BCUT2D eigenvalue weighted by molar-refractivity contribution is -0.117. The first-order chi connectivity index (χ1) is 13.7. The van der Waals surface area contributed by atoms with Crippen LogP contribution in [-0.2, 0) is 10.2 Å². The standard InChI is InChI=1S/C24H27N3O2/c1-15-10-16(2)12-20(11-15)27-14-18(13-21(27)28)23-25-22(26-29-23)17-6-8-19(9-7-17)24(3,4)5/h6-12,18H,13-14H2,1-5H3. The second-order valence-corrected chi connectivity index (χ2v) is 9.03. The summed E-state index contributed by atoms with van der Waals surface area (Å²) < 4.78 is 5.54. The number of aryl methyl sites for hydroxylation is 2. The van der Waals surface area contributed by atoms with Gasteiger partial charge in [0.25, 0.3) is 0 Å². The van der Waals surface area contributed by atoms with E-state index >= 15 is 0 Å². The number of hydrogen-bond acceptors (Lipinski definition) is 4. The van der Waals surface area contributed by atoms with Gasteiger partial charge in [-0.15, -0.1) is 0 Å². The Morgan fingerprint density at radius 3 is 2.31 bits per heavy atom. The first-order valence-corrected chi connectivity index (χ1v) is 10.0. The van der Waals surface area contributed by atoms with Crippen LogP contribution in [0.2, 0.25) is 0 Å². The van der Waals surface area contributed by atoms with Gasteiger partial charge >= 0.3 is 0 Å². The smallest absolute Gasteiger partial charge is 0.232 e. The number of carbonyl (C=O) groups excluding carboxylic acids is 1. The Kier molecular flexibility index (Phi) is 4.77. The van der Waals surface area contributed by atoms with E-state index in [9.17, 15) is 4.79 Å². The van der Waals surface area contributed by atoms with Crippen molar-refractivity contribution in [2.45, 2.75) is 52.4 Å². The van der Waals surface area contributed by atoms with Crippen LogP contribution in [0.1, 0.15) is 55.7 Å². The summed E-state index contributed by atoms with van der Waals surface area (Å²) >= 11 is 0. The van der Waals surface area contributed by atoms with Crippen molar-refractivity contribution in [1.82, 2.24) is 10.1 Å². The van der Waals surface area contributed by atoms with Gasteiger partial charge in [0.15, 0.2) is 0 Å². The van der Waals surface area contributed by atoms with Crippen LogP contribution in [-0.4, -0.2) is 22.6 Å². The van der Waals surface area contributed by atoms with Crippen LogP contribution < -0.4 is 4.90 Å². The summed E-state index contributed by atoms with van der Waals surface area (Å²) in [5.41, 5.74) is 5.51. The Bertz CT molecular complexity index is 1020. The highest BCUT2D eigenvalue weighted by Crippen LogP contribution is 2.33. The number of nitrogens with zero attached hydrogens (tertiary/aromatic N) is 3. The topological polar surface area (TPSA) is 59.2 Å². The van der Waals surface area contributed by atoms with Gasteiger partial charge in [-0.3, -0.25) is 4.79 Å². The largest absolute Gasteiger partial charge is 0.339 e. The number of anilines is 1. The monoisotopic (exact) mass is 389 g/mol. The summed E-state index contributed by atoms with van der Waals surface area (Å²) in [6.45, 7) is 11.2. The van der Waals surface area contributed by atoms with Crippen molar-refractivity contribution in [1.29, 1.82) is 0 Å². The lowest BCUT2D eigenvalue weighted by Crippen LogP contribution is -2.24. The van der Waals surface area contributed by atoms with E-state index in [1.54, 1.807) is 0 Å². The first kappa shape index (κ1) is 19.4. The zero-order valence-corrected chi connectivity index (χ0v) is 17.7. The first-order valence-electron chi connectivity index (χ1n) is 10.0. The number of amides is 1. The summed E-state index contributed by atoms with van der Waals surface area (Å²) in [6.07, 6.45) is 0.386. The predicted molar refractivity (Wildman–Crippen MR) is 114 cm³/mol. The summed E-state index contributed by atoms with van der Waals surface area (Å²) in [4.78, 5) is 19.0. The SMILES string of the molecule is Cc1cc(C)cc(N2CC(c3nc(-c4ccc(C(C)(C)C)cc4)no3)CC2=O)c1. The van der Waals surface area contributed by atoms with Gasteiger partial charge in [0, 0.05) is 24.2 Å². The molecule has 0 saturated carbocycles. The Balaban J connectivity index is 1.53. The van der Waals surface area contributed by atoms with E-state index in [4.69, 9.17) is 4.52 Å². The maximum absolute atomic E-state index is 12.6. The summed E-state index contributed by atoms with van der Waals surface area (Å²) in [6, 6.07) is 14.5. The number of rotatable bonds is 3. The Hall–Kier alpha value is -2.95. The average Bonchev–Trinajstić information content (AvgIpc) is 3.27. The molecule has 0 radical (unpaired) electrons. The third-order valence-corrected chi connectivity index (χ3v) is 5.44. The molecule has 150 valence electrons. The summed E-state index contributed by atoms with van der Waals surface area (Å²) in [5.74, 6) is 1.10. The van der Waals surface area contributed by atoms with Crippen molar-refractivity contribution in [2.75, 3.05) is 11.4 Å². The molecule has 5 nitrogen and oxygen atoms in total. The van der Waals surface area contributed by atoms with E-state index in [-0.39, 0.29) is 17.2 Å². The number of aromatic nitrogens is 2. The van der Waals surface area contributed by atoms with E-state index in [2.05, 4.69) is 49.1 Å². The molecule has 2 aromatic carbocycles. The highest BCUT2D eigenvalue weighted by Gasteiger charge is 2.35. The van der Waals surface area contributed by atoms with Crippen molar-refractivity contribution in [3.63, 3.8) is 0 Å². The highest BCUT2D eigenvalue weighted by atomic mass is 16.5. The molecule has 0 bridgehead atoms. The zero-order chi connectivity index (χ0) is 20.8. The minimum absolute atomic E-state index is 0.0848. The van der Waals surface area contributed by atoms with Gasteiger partial charge < -0.3 is 9.42 Å². The van der Waals surface area contributed by atoms with Crippen LogP contribution in [0.15, 0.2) is 47.0 Å². The maximum Gasteiger partial charge on any atom is 0.232 e. The van der Waals surface area contributed by atoms with Gasteiger partial charge in [0.05, 0.1) is 5.92 Å². The quantitative estimate of drug-likeness (QED) is 0.620. The van der Waals surface area contributed by atoms with E-state index in [0.29, 0.717) is 24.7 Å². The number of benzene rings is 2. The Morgan fingerprint density at radius 1 is 1.03 bits per heavy atom. The molecule has 1 unspecified atom stereocenters. The van der Waals surface area contributed by atoms with Crippen molar-refractivity contribution < 1.29 is 9.32 Å². The molecule has 2 heterocycles. The molecule has 4 rings (SSSR count). The lowest BCUT2D eigenvalue weighted by atomic mass is 9.87. The minimum Gasteiger partial charge on any atom is -0.339 e. The normalized spacial score (nSPS) is 17.2. The highest BCUT2D eigenvalue weighted by molar-refractivity contribution is 5.96. The molecule has 1 aliphatic heterocycles. The van der Waals surface area contributed by atoms with Gasteiger partial charge in [-0.05, 0) is 48.1 Å². The summed E-state index contributed by atoms with van der Waals surface area (Å²) in [5, 5.41) is 4.16. The molecule has 1 atom stereocenters. The minimum atomic E-state index is -0.0848. The molecule has 1 amide bonds. The second kappa shape index (κ2) is 7.14. The van der Waals surface area contributed by atoms with Crippen LogP contribution in [0.5, 0.6) is 0 Å². The molecule has 1 aromatic heterocycles. The maximum atomic E-state index is 12.6. The fourth-order valence-corrected chi connectivity index (χ4v) is 3.87. The van der Waals surface area contributed by atoms with E-state index in [0.717, 1.165) is 22.4 Å². The van der Waals surface area contributed by atoms with E-state index in [1.807, 2.05) is 43.0 Å². The van der Waals surface area contributed by atoms with Crippen LogP contribution in [0.25, 0.3) is 11.4 Å². The van der Waals surface area contributed by atoms with Gasteiger partial charge in [0.2, 0.25) is 17.6 Å². The van der Waals surface area contributed by atoms with Crippen LogP contribution >= 0.6 is 0 Å². The molecular formula is C24H27N3O2. The molecule has 1 aliphatic rings. The van der Waals surface area contributed by atoms with Crippen LogP contribution in [0.4, 0.5) is 5.69 Å². The van der Waals surface area contributed by atoms with Crippen molar-refractivity contribution in [3.05, 3.63) is 65.0 Å². The Morgan fingerprint density at radius 2 is 1.69 bits per heavy atom. The molecule has 1 fully saturated rings. The number of carbonyl (C=O) groups is 1. The molecule has 0 spiro atoms.